The van der Waals surface area contributed by atoms with Gasteiger partial charge in [-0.1, -0.05) is 72.3 Å². The fourth-order valence-electron chi connectivity index (χ4n) is 3.83. The van der Waals surface area contributed by atoms with Crippen LogP contribution in [0.5, 0.6) is 0 Å². The standard InChI is InChI=1S/C25H23ClN2O3S/c26-20-11-12-22(21(17-20)24(29)19-9-5-2-6-10-19)27-25(30)23(18-7-3-1-4-8-18)28-13-15-32(31)16-14-28/h1-12,17,23H,13-16H2,(H,27,30). The van der Waals surface area contributed by atoms with Gasteiger partial charge in [0, 0.05) is 51.5 Å². The van der Waals surface area contributed by atoms with Gasteiger partial charge in [0.25, 0.3) is 0 Å². The van der Waals surface area contributed by atoms with Gasteiger partial charge < -0.3 is 5.32 Å². The lowest BCUT2D eigenvalue weighted by Gasteiger charge is -2.33. The number of amides is 1. The van der Waals surface area contributed by atoms with Crippen LogP contribution >= 0.6 is 11.6 Å². The fourth-order valence-corrected chi connectivity index (χ4v) is 5.09. The van der Waals surface area contributed by atoms with Gasteiger partial charge in [0.2, 0.25) is 5.91 Å². The van der Waals surface area contributed by atoms with E-state index in [9.17, 15) is 13.8 Å². The maximum absolute atomic E-state index is 13.5. The predicted molar refractivity (Wildman–Crippen MR) is 129 cm³/mol. The van der Waals surface area contributed by atoms with Gasteiger partial charge >= 0.3 is 0 Å². The van der Waals surface area contributed by atoms with Gasteiger partial charge in [-0.25, -0.2) is 0 Å². The minimum absolute atomic E-state index is 0.215. The van der Waals surface area contributed by atoms with E-state index in [2.05, 4.69) is 5.32 Å². The van der Waals surface area contributed by atoms with E-state index in [1.165, 1.54) is 0 Å². The fraction of sp³-hybridized carbons (Fsp3) is 0.200. The third-order valence-corrected chi connectivity index (χ3v) is 6.97. The van der Waals surface area contributed by atoms with Crippen molar-refractivity contribution in [3.8, 4) is 0 Å². The Balaban J connectivity index is 1.65. The van der Waals surface area contributed by atoms with Crippen LogP contribution in [-0.4, -0.2) is 45.4 Å². The summed E-state index contributed by atoms with van der Waals surface area (Å²) in [5.41, 5.74) is 2.12. The monoisotopic (exact) mass is 466 g/mol. The molecule has 0 radical (unpaired) electrons. The van der Waals surface area contributed by atoms with E-state index in [4.69, 9.17) is 11.6 Å². The quantitative estimate of drug-likeness (QED) is 0.549. The van der Waals surface area contributed by atoms with E-state index >= 15 is 0 Å². The minimum Gasteiger partial charge on any atom is -0.324 e. The molecule has 1 unspecified atom stereocenters. The summed E-state index contributed by atoms with van der Waals surface area (Å²) < 4.78 is 11.8. The minimum atomic E-state index is -0.851. The van der Waals surface area contributed by atoms with E-state index in [0.717, 1.165) is 5.56 Å². The van der Waals surface area contributed by atoms with Crippen molar-refractivity contribution in [3.63, 3.8) is 0 Å². The van der Waals surface area contributed by atoms with Gasteiger partial charge in [0.05, 0.1) is 5.69 Å². The molecular formula is C25H23ClN2O3S. The lowest BCUT2D eigenvalue weighted by molar-refractivity contribution is -0.121. The zero-order chi connectivity index (χ0) is 22.5. The predicted octanol–water partition coefficient (Wildman–Crippen LogP) is 4.32. The van der Waals surface area contributed by atoms with Crippen LogP contribution < -0.4 is 5.32 Å². The van der Waals surface area contributed by atoms with Gasteiger partial charge in [0.1, 0.15) is 6.04 Å². The highest BCUT2D eigenvalue weighted by Gasteiger charge is 2.31. The number of benzene rings is 3. The molecule has 32 heavy (non-hydrogen) atoms. The number of hydrogen-bond acceptors (Lipinski definition) is 4. The van der Waals surface area contributed by atoms with Crippen LogP contribution in [0.3, 0.4) is 0 Å². The van der Waals surface area contributed by atoms with Crippen LogP contribution in [0.2, 0.25) is 5.02 Å². The topological polar surface area (TPSA) is 66.5 Å². The van der Waals surface area contributed by atoms with E-state index < -0.39 is 16.8 Å². The Morgan fingerprint density at radius 1 is 0.906 bits per heavy atom. The average Bonchev–Trinajstić information content (AvgIpc) is 2.82. The molecule has 1 atom stereocenters. The molecule has 0 spiro atoms. The lowest BCUT2D eigenvalue weighted by atomic mass is 10.0. The van der Waals surface area contributed by atoms with Crippen LogP contribution in [0.15, 0.2) is 78.9 Å². The molecule has 0 bridgehead atoms. The zero-order valence-electron chi connectivity index (χ0n) is 17.4. The number of hydrogen-bond donors (Lipinski definition) is 1. The summed E-state index contributed by atoms with van der Waals surface area (Å²) in [7, 11) is -0.851. The third-order valence-electron chi connectivity index (χ3n) is 5.46. The molecule has 5 nitrogen and oxygen atoms in total. The Bertz CT molecular complexity index is 1130. The first kappa shape index (κ1) is 22.4. The molecule has 1 heterocycles. The summed E-state index contributed by atoms with van der Waals surface area (Å²) in [5, 5.41) is 3.38. The highest BCUT2D eigenvalue weighted by molar-refractivity contribution is 7.85. The molecule has 7 heteroatoms. The second kappa shape index (κ2) is 10.2. The van der Waals surface area contributed by atoms with Crippen LogP contribution in [0.1, 0.15) is 27.5 Å². The average molecular weight is 467 g/mol. The van der Waals surface area contributed by atoms with E-state index in [0.29, 0.717) is 46.4 Å². The number of nitrogens with one attached hydrogen (secondary N) is 1. The van der Waals surface area contributed by atoms with Crippen molar-refractivity contribution in [2.75, 3.05) is 29.9 Å². The number of carbonyl (C=O) groups excluding carboxylic acids is 2. The highest BCUT2D eigenvalue weighted by Crippen LogP contribution is 2.28. The van der Waals surface area contributed by atoms with Crippen molar-refractivity contribution in [2.24, 2.45) is 0 Å². The molecular weight excluding hydrogens is 444 g/mol. The van der Waals surface area contributed by atoms with Gasteiger partial charge in [0.15, 0.2) is 5.78 Å². The van der Waals surface area contributed by atoms with Crippen LogP contribution in [0.25, 0.3) is 0 Å². The number of ketones is 1. The SMILES string of the molecule is O=C(c1ccccc1)c1cc(Cl)ccc1NC(=O)C(c1ccccc1)N1CCS(=O)CC1. The first-order valence-electron chi connectivity index (χ1n) is 10.4. The Morgan fingerprint density at radius 3 is 2.19 bits per heavy atom. The van der Waals surface area contributed by atoms with E-state index in [1.807, 2.05) is 41.3 Å². The normalized spacial score (nSPS) is 15.8. The van der Waals surface area contributed by atoms with E-state index in [-0.39, 0.29) is 11.7 Å². The Hall–Kier alpha value is -2.80. The second-order valence-electron chi connectivity index (χ2n) is 7.57. The molecule has 164 valence electrons. The smallest absolute Gasteiger partial charge is 0.246 e. The van der Waals surface area contributed by atoms with Gasteiger partial charge in [-0.2, -0.15) is 0 Å². The first-order valence-corrected chi connectivity index (χ1v) is 12.2. The van der Waals surface area contributed by atoms with E-state index in [1.54, 1.807) is 42.5 Å². The summed E-state index contributed by atoms with van der Waals surface area (Å²) in [6, 6.07) is 22.7. The maximum atomic E-state index is 13.5. The third kappa shape index (κ3) is 5.15. The van der Waals surface area contributed by atoms with Gasteiger partial charge in [-0.3, -0.25) is 18.7 Å². The molecule has 0 aromatic heterocycles. The van der Waals surface area contributed by atoms with Crippen molar-refractivity contribution >= 4 is 39.8 Å². The number of carbonyl (C=O) groups is 2. The molecule has 1 saturated heterocycles. The summed E-state index contributed by atoms with van der Waals surface area (Å²) in [5.74, 6) is 0.617. The molecule has 0 saturated carbocycles. The van der Waals surface area contributed by atoms with Crippen molar-refractivity contribution < 1.29 is 13.8 Å². The first-order chi connectivity index (χ1) is 15.5. The molecule has 3 aromatic rings. The lowest BCUT2D eigenvalue weighted by Crippen LogP contribution is -2.44. The summed E-state index contributed by atoms with van der Waals surface area (Å²) >= 11 is 6.18. The van der Waals surface area contributed by atoms with Crippen LogP contribution in [-0.2, 0) is 15.6 Å². The Kier molecular flexibility index (Phi) is 7.15. The van der Waals surface area contributed by atoms with Crippen molar-refractivity contribution in [1.82, 2.24) is 4.90 Å². The molecule has 1 N–H and O–H groups in total. The molecule has 1 aliphatic rings. The summed E-state index contributed by atoms with van der Waals surface area (Å²) in [6.45, 7) is 1.13. The number of halogens is 1. The largest absolute Gasteiger partial charge is 0.324 e. The molecule has 3 aromatic carbocycles. The van der Waals surface area contributed by atoms with Crippen molar-refractivity contribution in [1.29, 1.82) is 0 Å². The van der Waals surface area contributed by atoms with Gasteiger partial charge in [-0.15, -0.1) is 0 Å². The zero-order valence-corrected chi connectivity index (χ0v) is 18.9. The van der Waals surface area contributed by atoms with Gasteiger partial charge in [-0.05, 0) is 23.8 Å². The van der Waals surface area contributed by atoms with Crippen molar-refractivity contribution in [3.05, 3.63) is 101 Å². The number of nitrogens with zero attached hydrogens (tertiary/aromatic N) is 1. The Morgan fingerprint density at radius 2 is 1.53 bits per heavy atom. The molecule has 0 aliphatic carbocycles. The Labute approximate surface area is 194 Å². The number of rotatable bonds is 6. The van der Waals surface area contributed by atoms with Crippen LogP contribution in [0.4, 0.5) is 5.69 Å². The molecule has 1 aliphatic heterocycles. The van der Waals surface area contributed by atoms with Crippen molar-refractivity contribution in [2.45, 2.75) is 6.04 Å². The molecule has 1 amide bonds. The highest BCUT2D eigenvalue weighted by atomic mass is 35.5. The summed E-state index contributed by atoms with van der Waals surface area (Å²) in [4.78, 5) is 28.7. The number of anilines is 1. The summed E-state index contributed by atoms with van der Waals surface area (Å²) in [6.07, 6.45) is 0. The second-order valence-corrected chi connectivity index (χ2v) is 9.70. The molecule has 4 rings (SSSR count). The maximum Gasteiger partial charge on any atom is 0.246 e. The van der Waals surface area contributed by atoms with Crippen LogP contribution in [0, 0.1) is 0 Å². The molecule has 1 fully saturated rings.